The third kappa shape index (κ3) is 4.12. The van der Waals surface area contributed by atoms with Gasteiger partial charge in [0.15, 0.2) is 0 Å². The summed E-state index contributed by atoms with van der Waals surface area (Å²) in [7, 11) is 0. The molecule has 0 N–H and O–H groups in total. The molecule has 0 bridgehead atoms. The number of nitrogens with zero attached hydrogens (tertiary/aromatic N) is 3. The zero-order valence-corrected chi connectivity index (χ0v) is 16.2. The van der Waals surface area contributed by atoms with Gasteiger partial charge in [0.05, 0.1) is 16.7 Å². The Hall–Kier alpha value is -2.84. The van der Waals surface area contributed by atoms with Crippen molar-refractivity contribution in [2.45, 2.75) is 39.7 Å². The van der Waals surface area contributed by atoms with Crippen LogP contribution in [0.25, 0.3) is 22.8 Å². The molecule has 5 nitrogen and oxygen atoms in total. The SMILES string of the molecule is CCCc1cccc(-c2noc(-c3ccc(OC(C)C)c(C#N)c3)n2)c1Cl. The Morgan fingerprint density at radius 2 is 2.07 bits per heavy atom. The molecule has 0 radical (unpaired) electrons. The van der Waals surface area contributed by atoms with E-state index in [1.54, 1.807) is 18.2 Å². The maximum atomic E-state index is 9.39. The van der Waals surface area contributed by atoms with E-state index >= 15 is 0 Å². The van der Waals surface area contributed by atoms with Crippen LogP contribution in [-0.4, -0.2) is 16.2 Å². The molecular formula is C21H20ClN3O2. The molecule has 6 heteroatoms. The molecule has 3 rings (SSSR count). The highest BCUT2D eigenvalue weighted by Crippen LogP contribution is 2.32. The molecule has 0 saturated carbocycles. The van der Waals surface area contributed by atoms with Crippen molar-refractivity contribution in [1.29, 1.82) is 5.26 Å². The number of halogens is 1. The third-order valence-electron chi connectivity index (χ3n) is 3.97. The van der Waals surface area contributed by atoms with E-state index in [1.165, 1.54) is 0 Å². The number of benzene rings is 2. The van der Waals surface area contributed by atoms with Crippen LogP contribution in [0.15, 0.2) is 40.9 Å². The van der Waals surface area contributed by atoms with Crippen molar-refractivity contribution in [3.05, 3.63) is 52.5 Å². The zero-order chi connectivity index (χ0) is 19.4. The maximum absolute atomic E-state index is 9.39. The van der Waals surface area contributed by atoms with Gasteiger partial charge in [-0.25, -0.2) is 0 Å². The lowest BCUT2D eigenvalue weighted by molar-refractivity contribution is 0.242. The van der Waals surface area contributed by atoms with Crippen molar-refractivity contribution >= 4 is 11.6 Å². The number of hydrogen-bond donors (Lipinski definition) is 0. The Bertz CT molecular complexity index is 989. The molecule has 0 fully saturated rings. The molecule has 0 saturated heterocycles. The summed E-state index contributed by atoms with van der Waals surface area (Å²) >= 11 is 6.51. The lowest BCUT2D eigenvalue weighted by Crippen LogP contribution is -2.06. The summed E-state index contributed by atoms with van der Waals surface area (Å²) in [5.74, 6) is 1.29. The fraction of sp³-hybridized carbons (Fsp3) is 0.286. The molecule has 1 aromatic heterocycles. The molecule has 0 spiro atoms. The van der Waals surface area contributed by atoms with Crippen molar-refractivity contribution in [3.8, 4) is 34.7 Å². The Balaban J connectivity index is 1.95. The van der Waals surface area contributed by atoms with Crippen LogP contribution in [0.4, 0.5) is 0 Å². The van der Waals surface area contributed by atoms with E-state index in [0.717, 1.165) is 24.0 Å². The van der Waals surface area contributed by atoms with Crippen molar-refractivity contribution in [3.63, 3.8) is 0 Å². The monoisotopic (exact) mass is 381 g/mol. The molecule has 2 aromatic carbocycles. The van der Waals surface area contributed by atoms with Crippen LogP contribution in [0.2, 0.25) is 5.02 Å². The van der Waals surface area contributed by atoms with E-state index in [0.29, 0.717) is 33.6 Å². The van der Waals surface area contributed by atoms with Crippen LogP contribution < -0.4 is 4.74 Å². The van der Waals surface area contributed by atoms with Gasteiger partial charge in [-0.15, -0.1) is 0 Å². The Morgan fingerprint density at radius 1 is 1.26 bits per heavy atom. The molecule has 1 heterocycles. The van der Waals surface area contributed by atoms with E-state index in [-0.39, 0.29) is 6.10 Å². The van der Waals surface area contributed by atoms with E-state index in [2.05, 4.69) is 23.1 Å². The molecule has 138 valence electrons. The summed E-state index contributed by atoms with van der Waals surface area (Å²) in [6.07, 6.45) is 1.87. The molecule has 0 atom stereocenters. The zero-order valence-electron chi connectivity index (χ0n) is 15.5. The first-order chi connectivity index (χ1) is 13.0. The number of aryl methyl sites for hydroxylation is 1. The number of rotatable bonds is 6. The summed E-state index contributed by atoms with van der Waals surface area (Å²) in [5.41, 5.74) is 2.87. The molecule has 0 aliphatic carbocycles. The Labute approximate surface area is 163 Å². The van der Waals surface area contributed by atoms with Gasteiger partial charge in [0.2, 0.25) is 5.82 Å². The topological polar surface area (TPSA) is 71.9 Å². The Kier molecular flexibility index (Phi) is 5.78. The summed E-state index contributed by atoms with van der Waals surface area (Å²) in [5, 5.41) is 14.1. The highest BCUT2D eigenvalue weighted by atomic mass is 35.5. The number of nitriles is 1. The van der Waals surface area contributed by atoms with Gasteiger partial charge in [0.1, 0.15) is 11.8 Å². The van der Waals surface area contributed by atoms with Gasteiger partial charge in [-0.1, -0.05) is 42.2 Å². The fourth-order valence-electron chi connectivity index (χ4n) is 2.77. The van der Waals surface area contributed by atoms with E-state index < -0.39 is 0 Å². The highest BCUT2D eigenvalue weighted by molar-refractivity contribution is 6.34. The van der Waals surface area contributed by atoms with Gasteiger partial charge in [-0.2, -0.15) is 10.2 Å². The second-order valence-electron chi connectivity index (χ2n) is 6.44. The van der Waals surface area contributed by atoms with Gasteiger partial charge in [-0.05, 0) is 50.1 Å². The minimum Gasteiger partial charge on any atom is -0.490 e. The largest absolute Gasteiger partial charge is 0.490 e. The molecule has 0 aliphatic rings. The van der Waals surface area contributed by atoms with Crippen molar-refractivity contribution < 1.29 is 9.26 Å². The average Bonchev–Trinajstić information content (AvgIpc) is 3.13. The highest BCUT2D eigenvalue weighted by Gasteiger charge is 2.16. The van der Waals surface area contributed by atoms with Crippen LogP contribution >= 0.6 is 11.6 Å². The predicted octanol–water partition coefficient (Wildman–Crippen LogP) is 5.67. The summed E-state index contributed by atoms with van der Waals surface area (Å²) in [4.78, 5) is 4.47. The minimum absolute atomic E-state index is 0.0181. The van der Waals surface area contributed by atoms with Gasteiger partial charge in [-0.3, -0.25) is 0 Å². The van der Waals surface area contributed by atoms with E-state index in [4.69, 9.17) is 20.9 Å². The molecule has 0 amide bonds. The van der Waals surface area contributed by atoms with Crippen molar-refractivity contribution in [2.24, 2.45) is 0 Å². The lowest BCUT2D eigenvalue weighted by Gasteiger charge is -2.11. The molecule has 3 aromatic rings. The summed E-state index contributed by atoms with van der Waals surface area (Å²) in [6, 6.07) is 13.2. The van der Waals surface area contributed by atoms with E-state index in [9.17, 15) is 5.26 Å². The van der Waals surface area contributed by atoms with Crippen molar-refractivity contribution in [2.75, 3.05) is 0 Å². The van der Waals surface area contributed by atoms with Gasteiger partial charge in [0, 0.05) is 11.1 Å². The third-order valence-corrected chi connectivity index (χ3v) is 4.42. The fourth-order valence-corrected chi connectivity index (χ4v) is 3.08. The first-order valence-electron chi connectivity index (χ1n) is 8.86. The number of ether oxygens (including phenoxy) is 1. The normalized spacial score (nSPS) is 10.8. The van der Waals surface area contributed by atoms with Gasteiger partial charge < -0.3 is 9.26 Å². The molecular weight excluding hydrogens is 362 g/mol. The van der Waals surface area contributed by atoms with Gasteiger partial charge in [0.25, 0.3) is 5.89 Å². The quantitative estimate of drug-likeness (QED) is 0.550. The van der Waals surface area contributed by atoms with Crippen LogP contribution in [0, 0.1) is 11.3 Å². The first kappa shape index (κ1) is 18.9. The maximum Gasteiger partial charge on any atom is 0.258 e. The minimum atomic E-state index is -0.0181. The predicted molar refractivity (Wildman–Crippen MR) is 105 cm³/mol. The van der Waals surface area contributed by atoms with E-state index in [1.807, 2.05) is 32.0 Å². The van der Waals surface area contributed by atoms with Crippen LogP contribution in [0.1, 0.15) is 38.3 Å². The van der Waals surface area contributed by atoms with Crippen LogP contribution in [-0.2, 0) is 6.42 Å². The van der Waals surface area contributed by atoms with Crippen molar-refractivity contribution in [1.82, 2.24) is 10.1 Å². The lowest BCUT2D eigenvalue weighted by atomic mass is 10.1. The van der Waals surface area contributed by atoms with Crippen LogP contribution in [0.3, 0.4) is 0 Å². The second-order valence-corrected chi connectivity index (χ2v) is 6.82. The Morgan fingerprint density at radius 3 is 2.78 bits per heavy atom. The average molecular weight is 382 g/mol. The smallest absolute Gasteiger partial charge is 0.258 e. The number of aromatic nitrogens is 2. The molecule has 0 aliphatic heterocycles. The second kappa shape index (κ2) is 8.24. The molecule has 0 unspecified atom stereocenters. The summed E-state index contributed by atoms with van der Waals surface area (Å²) < 4.78 is 11.1. The van der Waals surface area contributed by atoms with Gasteiger partial charge >= 0.3 is 0 Å². The standard InChI is InChI=1S/C21H20ClN3O2/c1-4-6-14-7-5-8-17(19(14)22)20-24-21(27-25-20)15-9-10-18(26-13(2)3)16(11-15)12-23/h5,7-11,13H,4,6H2,1-3H3. The van der Waals surface area contributed by atoms with Crippen LogP contribution in [0.5, 0.6) is 5.75 Å². The first-order valence-corrected chi connectivity index (χ1v) is 9.24. The molecule has 27 heavy (non-hydrogen) atoms. The summed E-state index contributed by atoms with van der Waals surface area (Å²) in [6.45, 7) is 5.93. The number of hydrogen-bond acceptors (Lipinski definition) is 5.